The maximum atomic E-state index is 2.42. The molecular weight excluding hydrogens is 144 g/mol. The van der Waals surface area contributed by atoms with Crippen molar-refractivity contribution < 1.29 is 0 Å². The topological polar surface area (TPSA) is 0 Å². The Morgan fingerprint density at radius 1 is 0.833 bits per heavy atom. The maximum Gasteiger partial charge on any atom is 0.0104 e. The smallest absolute Gasteiger partial charge is 0.0104 e. The number of allylic oxidation sites excluding steroid dienone is 6. The fraction of sp³-hybridized carbons (Fsp3) is 0.500. The van der Waals surface area contributed by atoms with Gasteiger partial charge in [-0.3, -0.25) is 0 Å². The average Bonchev–Trinajstić information content (AvgIpc) is 2.56. The lowest BCUT2D eigenvalue weighted by Gasteiger charge is -2.38. The van der Waals surface area contributed by atoms with Gasteiger partial charge in [-0.2, -0.15) is 0 Å². The second-order valence-electron chi connectivity index (χ2n) is 4.72. The summed E-state index contributed by atoms with van der Waals surface area (Å²) in [6.45, 7) is 4.77. The molecule has 3 rings (SSSR count). The Hall–Kier alpha value is -0.780. The van der Waals surface area contributed by atoms with Crippen LogP contribution < -0.4 is 0 Å². The average molecular weight is 158 g/mol. The fourth-order valence-corrected chi connectivity index (χ4v) is 3.13. The van der Waals surface area contributed by atoms with Crippen molar-refractivity contribution in [2.24, 2.45) is 22.7 Å². The number of rotatable bonds is 0. The summed E-state index contributed by atoms with van der Waals surface area (Å²) in [6, 6.07) is 0. The zero-order valence-corrected chi connectivity index (χ0v) is 7.62. The van der Waals surface area contributed by atoms with Crippen LogP contribution >= 0.6 is 0 Å². The van der Waals surface area contributed by atoms with Crippen LogP contribution in [0.3, 0.4) is 0 Å². The van der Waals surface area contributed by atoms with E-state index < -0.39 is 0 Å². The highest BCUT2D eigenvalue weighted by Crippen LogP contribution is 2.64. The molecule has 2 unspecified atom stereocenters. The molecule has 12 heavy (non-hydrogen) atoms. The first-order valence-electron chi connectivity index (χ1n) is 4.74. The van der Waals surface area contributed by atoms with E-state index in [0.717, 1.165) is 0 Å². The third-order valence-electron chi connectivity index (χ3n) is 4.37. The van der Waals surface area contributed by atoms with Crippen molar-refractivity contribution >= 4 is 0 Å². The summed E-state index contributed by atoms with van der Waals surface area (Å²) in [5.41, 5.74) is 0.763. The van der Waals surface area contributed by atoms with Gasteiger partial charge in [0.1, 0.15) is 0 Å². The van der Waals surface area contributed by atoms with E-state index in [1.165, 1.54) is 0 Å². The van der Waals surface area contributed by atoms with Crippen molar-refractivity contribution in [2.45, 2.75) is 13.8 Å². The lowest BCUT2D eigenvalue weighted by molar-refractivity contribution is 0.153. The molecule has 0 aliphatic heterocycles. The highest BCUT2D eigenvalue weighted by Gasteiger charge is 2.57. The van der Waals surface area contributed by atoms with Crippen molar-refractivity contribution in [3.63, 3.8) is 0 Å². The van der Waals surface area contributed by atoms with E-state index in [9.17, 15) is 0 Å². The van der Waals surface area contributed by atoms with E-state index in [1.807, 2.05) is 0 Å². The molecule has 0 heteroatoms. The summed E-state index contributed by atoms with van der Waals surface area (Å²) in [7, 11) is 0. The van der Waals surface area contributed by atoms with Crippen LogP contribution in [-0.4, -0.2) is 0 Å². The second kappa shape index (κ2) is 1.61. The van der Waals surface area contributed by atoms with Crippen LogP contribution in [0.15, 0.2) is 36.5 Å². The van der Waals surface area contributed by atoms with E-state index in [1.54, 1.807) is 0 Å². The molecular formula is C12H14. The first-order chi connectivity index (χ1) is 5.67. The summed E-state index contributed by atoms with van der Waals surface area (Å²) >= 11 is 0. The molecule has 0 aromatic carbocycles. The molecule has 0 saturated carbocycles. The van der Waals surface area contributed by atoms with Crippen LogP contribution in [-0.2, 0) is 0 Å². The Balaban J connectivity index is 2.25. The SMILES string of the molecule is CC12C=C[C@H]3C=C[C@@H](C=C1)C32C. The van der Waals surface area contributed by atoms with Gasteiger partial charge in [-0.15, -0.1) is 0 Å². The van der Waals surface area contributed by atoms with Crippen LogP contribution in [0.25, 0.3) is 0 Å². The van der Waals surface area contributed by atoms with Crippen LogP contribution in [0.5, 0.6) is 0 Å². The van der Waals surface area contributed by atoms with E-state index in [2.05, 4.69) is 50.3 Å². The highest BCUT2D eigenvalue weighted by atomic mass is 14.6. The van der Waals surface area contributed by atoms with Crippen LogP contribution in [0.2, 0.25) is 0 Å². The van der Waals surface area contributed by atoms with Crippen LogP contribution in [0.4, 0.5) is 0 Å². The largest absolute Gasteiger partial charge is 0.0804 e. The zero-order valence-electron chi connectivity index (χ0n) is 7.62. The summed E-state index contributed by atoms with van der Waals surface area (Å²) in [5, 5.41) is 0. The molecule has 62 valence electrons. The highest BCUT2D eigenvalue weighted by molar-refractivity contribution is 5.41. The molecule has 0 heterocycles. The molecule has 0 spiro atoms. The van der Waals surface area contributed by atoms with Crippen molar-refractivity contribution in [1.82, 2.24) is 0 Å². The molecule has 0 amide bonds. The molecule has 0 aromatic heterocycles. The van der Waals surface area contributed by atoms with Gasteiger partial charge in [0, 0.05) is 17.3 Å². The molecule has 4 atom stereocenters. The number of hydrogen-bond acceptors (Lipinski definition) is 0. The van der Waals surface area contributed by atoms with Gasteiger partial charge in [0.2, 0.25) is 0 Å². The van der Waals surface area contributed by atoms with Crippen LogP contribution in [0.1, 0.15) is 13.8 Å². The predicted octanol–water partition coefficient (Wildman–Crippen LogP) is 2.94. The van der Waals surface area contributed by atoms with Gasteiger partial charge >= 0.3 is 0 Å². The third kappa shape index (κ3) is 0.450. The molecule has 3 aliphatic carbocycles. The Labute approximate surface area is 73.7 Å². The molecule has 3 aliphatic rings. The van der Waals surface area contributed by atoms with Crippen molar-refractivity contribution in [2.75, 3.05) is 0 Å². The summed E-state index contributed by atoms with van der Waals surface area (Å²) in [5.74, 6) is 1.37. The summed E-state index contributed by atoms with van der Waals surface area (Å²) in [6.07, 6.45) is 14.3. The zero-order chi connectivity index (χ0) is 8.40. The Morgan fingerprint density at radius 2 is 1.33 bits per heavy atom. The van der Waals surface area contributed by atoms with E-state index >= 15 is 0 Å². The Kier molecular flexibility index (Phi) is 0.900. The molecule has 0 fully saturated rings. The maximum absolute atomic E-state index is 2.42. The predicted molar refractivity (Wildman–Crippen MR) is 50.6 cm³/mol. The molecule has 0 N–H and O–H groups in total. The molecule has 0 saturated heterocycles. The minimum Gasteiger partial charge on any atom is -0.0804 e. The van der Waals surface area contributed by atoms with Gasteiger partial charge in [-0.25, -0.2) is 0 Å². The Morgan fingerprint density at radius 3 is 1.83 bits per heavy atom. The normalized spacial score (nSPS) is 58.5. The van der Waals surface area contributed by atoms with Crippen LogP contribution in [0, 0.1) is 22.7 Å². The van der Waals surface area contributed by atoms with Gasteiger partial charge in [0.15, 0.2) is 0 Å². The van der Waals surface area contributed by atoms with Crippen molar-refractivity contribution in [3.8, 4) is 0 Å². The summed E-state index contributed by atoms with van der Waals surface area (Å²) < 4.78 is 0. The van der Waals surface area contributed by atoms with Crippen molar-refractivity contribution in [3.05, 3.63) is 36.5 Å². The Bertz CT molecular complexity index is 293. The van der Waals surface area contributed by atoms with Gasteiger partial charge < -0.3 is 0 Å². The second-order valence-corrected chi connectivity index (χ2v) is 4.72. The molecule has 0 bridgehead atoms. The quantitative estimate of drug-likeness (QED) is 0.475. The van der Waals surface area contributed by atoms with E-state index in [4.69, 9.17) is 0 Å². The van der Waals surface area contributed by atoms with Gasteiger partial charge in [0.25, 0.3) is 0 Å². The minimum absolute atomic E-state index is 0.325. The standard InChI is InChI=1S/C12H14/c1-11-7-5-9-3-4-10(6-8-11)12(9,11)2/h3-10H,1-2H3/t9-,10+,11?,12?. The lowest BCUT2D eigenvalue weighted by Crippen LogP contribution is -2.34. The van der Waals surface area contributed by atoms with E-state index in [0.29, 0.717) is 22.7 Å². The fourth-order valence-electron chi connectivity index (χ4n) is 3.13. The summed E-state index contributed by atoms with van der Waals surface area (Å²) in [4.78, 5) is 0. The van der Waals surface area contributed by atoms with Gasteiger partial charge in [0.05, 0.1) is 0 Å². The minimum atomic E-state index is 0.325. The lowest BCUT2D eigenvalue weighted by atomic mass is 9.64. The third-order valence-corrected chi connectivity index (χ3v) is 4.37. The first kappa shape index (κ1) is 6.71. The van der Waals surface area contributed by atoms with Gasteiger partial charge in [-0.1, -0.05) is 50.3 Å². The van der Waals surface area contributed by atoms with E-state index in [-0.39, 0.29) is 0 Å². The number of hydrogen-bond donors (Lipinski definition) is 0. The monoisotopic (exact) mass is 158 g/mol. The molecule has 0 aromatic rings. The molecule has 0 radical (unpaired) electrons. The first-order valence-corrected chi connectivity index (χ1v) is 4.74. The molecule has 0 nitrogen and oxygen atoms in total. The van der Waals surface area contributed by atoms with Crippen molar-refractivity contribution in [1.29, 1.82) is 0 Å². The van der Waals surface area contributed by atoms with Gasteiger partial charge in [-0.05, 0) is 5.41 Å².